The molecule has 0 unspecified atom stereocenters. The molecule has 19 heavy (non-hydrogen) atoms. The fourth-order valence-corrected chi connectivity index (χ4v) is 4.04. The first-order valence-electron chi connectivity index (χ1n) is 6.92. The summed E-state index contributed by atoms with van der Waals surface area (Å²) in [5, 5.41) is 3.09. The number of carbonyl (C=O) groups excluding carboxylic acids is 1. The molecule has 0 atom stereocenters. The smallest absolute Gasteiger partial charge is 0.267 e. The van der Waals surface area contributed by atoms with E-state index in [9.17, 15) is 4.79 Å². The van der Waals surface area contributed by atoms with Crippen molar-refractivity contribution in [3.8, 4) is 0 Å². The lowest BCUT2D eigenvalue weighted by molar-refractivity contribution is 0.0937. The fourth-order valence-electron chi connectivity index (χ4n) is 2.37. The van der Waals surface area contributed by atoms with E-state index in [-0.39, 0.29) is 5.91 Å². The van der Waals surface area contributed by atoms with E-state index < -0.39 is 0 Å². The fraction of sp³-hybridized carbons (Fsp3) is 0.643. The first-order chi connectivity index (χ1) is 9.20. The van der Waals surface area contributed by atoms with E-state index in [1.807, 2.05) is 28.6 Å². The number of nitrogens with one attached hydrogen (secondary N) is 1. The molecule has 106 valence electrons. The molecule has 1 aliphatic heterocycles. The molecule has 0 aliphatic carbocycles. The lowest BCUT2D eigenvalue weighted by Crippen LogP contribution is -2.32. The molecule has 0 saturated carbocycles. The highest BCUT2D eigenvalue weighted by Crippen LogP contribution is 2.22. The number of amides is 1. The standard InChI is InChI=1S/C14H21BrN2OS/c1-2-5-17-10-12(15)8-13(17)14(18)16-9-11-3-6-19-7-4-11/h8,10-11H,2-7,9H2,1H3,(H,16,18). The highest BCUT2D eigenvalue weighted by atomic mass is 79.9. The Morgan fingerprint density at radius 3 is 2.95 bits per heavy atom. The molecule has 1 aromatic heterocycles. The summed E-state index contributed by atoms with van der Waals surface area (Å²) >= 11 is 5.46. The third kappa shape index (κ3) is 4.28. The maximum Gasteiger partial charge on any atom is 0.267 e. The van der Waals surface area contributed by atoms with Crippen molar-refractivity contribution in [1.82, 2.24) is 9.88 Å². The second-order valence-electron chi connectivity index (χ2n) is 5.00. The van der Waals surface area contributed by atoms with Crippen molar-refractivity contribution in [2.75, 3.05) is 18.1 Å². The number of thioether (sulfide) groups is 1. The van der Waals surface area contributed by atoms with E-state index in [0.29, 0.717) is 5.92 Å². The van der Waals surface area contributed by atoms with Gasteiger partial charge in [0.25, 0.3) is 5.91 Å². The summed E-state index contributed by atoms with van der Waals surface area (Å²) in [6.07, 6.45) is 5.46. The molecular formula is C14H21BrN2OS. The second kappa shape index (κ2) is 7.39. The monoisotopic (exact) mass is 344 g/mol. The summed E-state index contributed by atoms with van der Waals surface area (Å²) in [5.74, 6) is 3.18. The molecule has 1 fully saturated rings. The van der Waals surface area contributed by atoms with Gasteiger partial charge in [-0.15, -0.1) is 0 Å². The van der Waals surface area contributed by atoms with Crippen LogP contribution in [0.15, 0.2) is 16.7 Å². The third-order valence-electron chi connectivity index (χ3n) is 3.45. The number of aromatic nitrogens is 1. The first kappa shape index (κ1) is 15.0. The van der Waals surface area contributed by atoms with Gasteiger partial charge >= 0.3 is 0 Å². The zero-order valence-electron chi connectivity index (χ0n) is 11.3. The van der Waals surface area contributed by atoms with Gasteiger partial charge in [0, 0.05) is 23.8 Å². The molecule has 3 nitrogen and oxygen atoms in total. The molecule has 2 heterocycles. The Kier molecular flexibility index (Phi) is 5.82. The average Bonchev–Trinajstić information content (AvgIpc) is 2.79. The van der Waals surface area contributed by atoms with Crippen LogP contribution in [0, 0.1) is 5.92 Å². The minimum atomic E-state index is 0.0531. The first-order valence-corrected chi connectivity index (χ1v) is 8.87. The maximum absolute atomic E-state index is 12.2. The molecule has 5 heteroatoms. The normalized spacial score (nSPS) is 16.5. The van der Waals surface area contributed by atoms with Crippen LogP contribution in [0.3, 0.4) is 0 Å². The Balaban J connectivity index is 1.91. The maximum atomic E-state index is 12.2. The van der Waals surface area contributed by atoms with Gasteiger partial charge < -0.3 is 9.88 Å². The van der Waals surface area contributed by atoms with Crippen LogP contribution in [-0.2, 0) is 6.54 Å². The van der Waals surface area contributed by atoms with E-state index in [0.717, 1.165) is 29.7 Å². The summed E-state index contributed by atoms with van der Waals surface area (Å²) in [7, 11) is 0. The molecular weight excluding hydrogens is 324 g/mol. The number of carbonyl (C=O) groups is 1. The van der Waals surface area contributed by atoms with Gasteiger partial charge in [0.1, 0.15) is 5.69 Å². The summed E-state index contributed by atoms with van der Waals surface area (Å²) in [6, 6.07) is 1.90. The Labute approximate surface area is 127 Å². The largest absolute Gasteiger partial charge is 0.350 e. The van der Waals surface area contributed by atoms with Crippen LogP contribution in [0.5, 0.6) is 0 Å². The van der Waals surface area contributed by atoms with Crippen LogP contribution >= 0.6 is 27.7 Å². The van der Waals surface area contributed by atoms with E-state index in [1.165, 1.54) is 24.3 Å². The summed E-state index contributed by atoms with van der Waals surface area (Å²) in [4.78, 5) is 12.2. The molecule has 1 amide bonds. The summed E-state index contributed by atoms with van der Waals surface area (Å²) in [6.45, 7) is 3.82. The molecule has 0 spiro atoms. The van der Waals surface area contributed by atoms with Crippen LogP contribution in [0.1, 0.15) is 36.7 Å². The lowest BCUT2D eigenvalue weighted by Gasteiger charge is -2.21. The second-order valence-corrected chi connectivity index (χ2v) is 7.14. The van der Waals surface area contributed by atoms with Gasteiger partial charge in [0.15, 0.2) is 0 Å². The number of nitrogens with zero attached hydrogens (tertiary/aromatic N) is 1. The number of hydrogen-bond acceptors (Lipinski definition) is 2. The van der Waals surface area contributed by atoms with Gasteiger partial charge in [-0.2, -0.15) is 11.8 Å². The van der Waals surface area contributed by atoms with Crippen LogP contribution in [0.25, 0.3) is 0 Å². The van der Waals surface area contributed by atoms with Gasteiger partial charge in [0.05, 0.1) is 0 Å². The van der Waals surface area contributed by atoms with E-state index in [2.05, 4.69) is 28.2 Å². The third-order valence-corrected chi connectivity index (χ3v) is 4.93. The SMILES string of the molecule is CCCn1cc(Br)cc1C(=O)NCC1CCSCC1. The molecule has 1 saturated heterocycles. The van der Waals surface area contributed by atoms with Crippen molar-refractivity contribution in [3.63, 3.8) is 0 Å². The van der Waals surface area contributed by atoms with Crippen molar-refractivity contribution in [3.05, 3.63) is 22.4 Å². The minimum absolute atomic E-state index is 0.0531. The predicted molar refractivity (Wildman–Crippen MR) is 84.8 cm³/mol. The average molecular weight is 345 g/mol. The molecule has 2 rings (SSSR count). The Morgan fingerprint density at radius 1 is 1.53 bits per heavy atom. The summed E-state index contributed by atoms with van der Waals surface area (Å²) < 4.78 is 3.00. The van der Waals surface area contributed by atoms with Crippen LogP contribution in [0.4, 0.5) is 0 Å². The molecule has 1 aliphatic rings. The van der Waals surface area contributed by atoms with Crippen molar-refractivity contribution in [2.24, 2.45) is 5.92 Å². The van der Waals surface area contributed by atoms with Crippen molar-refractivity contribution in [1.29, 1.82) is 0 Å². The topological polar surface area (TPSA) is 34.0 Å². The van der Waals surface area contributed by atoms with Gasteiger partial charge in [-0.05, 0) is 58.7 Å². The lowest BCUT2D eigenvalue weighted by atomic mass is 10.0. The number of halogens is 1. The highest BCUT2D eigenvalue weighted by molar-refractivity contribution is 9.10. The number of rotatable bonds is 5. The quantitative estimate of drug-likeness (QED) is 0.886. The minimum Gasteiger partial charge on any atom is -0.350 e. The molecule has 1 aromatic rings. The Morgan fingerprint density at radius 2 is 2.26 bits per heavy atom. The predicted octanol–water partition coefficient (Wildman–Crippen LogP) is 3.53. The van der Waals surface area contributed by atoms with Crippen LogP contribution < -0.4 is 5.32 Å². The van der Waals surface area contributed by atoms with Crippen LogP contribution in [0.2, 0.25) is 0 Å². The number of aryl methyl sites for hydroxylation is 1. The van der Waals surface area contributed by atoms with Crippen molar-refractivity contribution in [2.45, 2.75) is 32.7 Å². The molecule has 0 radical (unpaired) electrons. The molecule has 0 bridgehead atoms. The zero-order chi connectivity index (χ0) is 13.7. The Bertz CT molecular complexity index is 427. The van der Waals surface area contributed by atoms with E-state index in [1.54, 1.807) is 0 Å². The van der Waals surface area contributed by atoms with Gasteiger partial charge in [0.2, 0.25) is 0 Å². The molecule has 1 N–H and O–H groups in total. The Hall–Kier alpha value is -0.420. The summed E-state index contributed by atoms with van der Waals surface area (Å²) in [5.41, 5.74) is 0.763. The van der Waals surface area contributed by atoms with Crippen molar-refractivity contribution < 1.29 is 4.79 Å². The highest BCUT2D eigenvalue weighted by Gasteiger charge is 2.17. The van der Waals surface area contributed by atoms with E-state index in [4.69, 9.17) is 0 Å². The van der Waals surface area contributed by atoms with Gasteiger partial charge in [-0.1, -0.05) is 6.92 Å². The van der Waals surface area contributed by atoms with E-state index >= 15 is 0 Å². The molecule has 0 aromatic carbocycles. The van der Waals surface area contributed by atoms with Gasteiger partial charge in [-0.3, -0.25) is 4.79 Å². The zero-order valence-corrected chi connectivity index (χ0v) is 13.7. The van der Waals surface area contributed by atoms with Crippen molar-refractivity contribution >= 4 is 33.6 Å². The number of hydrogen-bond donors (Lipinski definition) is 1. The van der Waals surface area contributed by atoms with Gasteiger partial charge in [-0.25, -0.2) is 0 Å². The van der Waals surface area contributed by atoms with Crippen LogP contribution in [-0.4, -0.2) is 28.5 Å².